The standard InChI is InChI=1S/C14H17FN2O4/c1-8(18)9-4-5-17(7-9)14(21)16-12-3-2-10(15)6-11(12)13(19)20/h2-3,6,8-9,18H,4-5,7H2,1H3,(H,16,21)(H,19,20). The van der Waals surface area contributed by atoms with E-state index in [1.54, 1.807) is 6.92 Å². The van der Waals surface area contributed by atoms with Crippen molar-refractivity contribution in [2.45, 2.75) is 19.4 Å². The molecule has 1 aliphatic heterocycles. The highest BCUT2D eigenvalue weighted by atomic mass is 19.1. The first-order valence-corrected chi connectivity index (χ1v) is 6.65. The molecule has 1 heterocycles. The van der Waals surface area contributed by atoms with Crippen LogP contribution in [0.3, 0.4) is 0 Å². The van der Waals surface area contributed by atoms with Crippen molar-refractivity contribution in [1.29, 1.82) is 0 Å². The van der Waals surface area contributed by atoms with Crippen LogP contribution in [0.1, 0.15) is 23.7 Å². The summed E-state index contributed by atoms with van der Waals surface area (Å²) in [6.45, 7) is 2.58. The van der Waals surface area contributed by atoms with E-state index in [2.05, 4.69) is 5.32 Å². The van der Waals surface area contributed by atoms with E-state index in [0.717, 1.165) is 12.1 Å². The van der Waals surface area contributed by atoms with Gasteiger partial charge in [0.2, 0.25) is 0 Å². The van der Waals surface area contributed by atoms with Crippen LogP contribution in [0.15, 0.2) is 18.2 Å². The minimum atomic E-state index is -1.31. The number of carboxylic acids is 1. The molecule has 0 saturated carbocycles. The number of hydrogen-bond donors (Lipinski definition) is 3. The molecule has 1 fully saturated rings. The second-order valence-corrected chi connectivity index (χ2v) is 5.16. The Morgan fingerprint density at radius 3 is 2.76 bits per heavy atom. The van der Waals surface area contributed by atoms with Gasteiger partial charge in [-0.3, -0.25) is 0 Å². The molecular weight excluding hydrogens is 279 g/mol. The molecule has 1 aromatic rings. The molecule has 2 amide bonds. The second kappa shape index (κ2) is 6.09. The average Bonchev–Trinajstić information content (AvgIpc) is 2.90. The summed E-state index contributed by atoms with van der Waals surface area (Å²) >= 11 is 0. The first kappa shape index (κ1) is 15.2. The fraction of sp³-hybridized carbons (Fsp3) is 0.429. The zero-order valence-electron chi connectivity index (χ0n) is 11.5. The van der Waals surface area contributed by atoms with Crippen LogP contribution < -0.4 is 5.32 Å². The largest absolute Gasteiger partial charge is 0.478 e. The Hall–Kier alpha value is -2.15. The third-order valence-electron chi connectivity index (χ3n) is 3.65. The first-order chi connectivity index (χ1) is 9.88. The number of urea groups is 1. The van der Waals surface area contributed by atoms with Gasteiger partial charge < -0.3 is 20.4 Å². The fourth-order valence-corrected chi connectivity index (χ4v) is 2.36. The van der Waals surface area contributed by atoms with Crippen molar-refractivity contribution in [3.8, 4) is 0 Å². The molecule has 21 heavy (non-hydrogen) atoms. The highest BCUT2D eigenvalue weighted by molar-refractivity contribution is 6.00. The summed E-state index contributed by atoms with van der Waals surface area (Å²) in [6, 6.07) is 2.72. The molecule has 2 atom stereocenters. The van der Waals surface area contributed by atoms with Crippen molar-refractivity contribution in [3.05, 3.63) is 29.6 Å². The lowest BCUT2D eigenvalue weighted by Gasteiger charge is -2.19. The van der Waals surface area contributed by atoms with Crippen LogP contribution >= 0.6 is 0 Å². The molecule has 1 aliphatic rings. The number of amides is 2. The Morgan fingerprint density at radius 2 is 2.19 bits per heavy atom. The summed E-state index contributed by atoms with van der Waals surface area (Å²) in [6.07, 6.45) is 0.198. The van der Waals surface area contributed by atoms with Crippen LogP contribution in [-0.4, -0.2) is 46.3 Å². The molecule has 0 aromatic heterocycles. The van der Waals surface area contributed by atoms with Crippen LogP contribution in [0.25, 0.3) is 0 Å². The van der Waals surface area contributed by atoms with Crippen molar-refractivity contribution < 1.29 is 24.2 Å². The lowest BCUT2D eigenvalue weighted by molar-refractivity contribution is 0.0697. The van der Waals surface area contributed by atoms with E-state index < -0.39 is 23.9 Å². The normalized spacial score (nSPS) is 19.4. The lowest BCUT2D eigenvalue weighted by Crippen LogP contribution is -2.34. The molecule has 2 unspecified atom stereocenters. The second-order valence-electron chi connectivity index (χ2n) is 5.16. The summed E-state index contributed by atoms with van der Waals surface area (Å²) in [5.74, 6) is -1.98. The average molecular weight is 296 g/mol. The SMILES string of the molecule is CC(O)C1CCN(C(=O)Nc2ccc(F)cc2C(=O)O)C1. The summed E-state index contributed by atoms with van der Waals surface area (Å²) < 4.78 is 13.1. The third kappa shape index (κ3) is 3.49. The molecule has 3 N–H and O–H groups in total. The van der Waals surface area contributed by atoms with E-state index in [0.29, 0.717) is 19.5 Å². The van der Waals surface area contributed by atoms with Crippen LogP contribution in [0, 0.1) is 11.7 Å². The minimum Gasteiger partial charge on any atom is -0.478 e. The number of rotatable bonds is 3. The van der Waals surface area contributed by atoms with Crippen molar-refractivity contribution in [1.82, 2.24) is 4.90 Å². The van der Waals surface area contributed by atoms with Crippen molar-refractivity contribution >= 4 is 17.7 Å². The smallest absolute Gasteiger partial charge is 0.337 e. The zero-order chi connectivity index (χ0) is 15.6. The number of anilines is 1. The Bertz CT molecular complexity index is 562. The molecule has 0 radical (unpaired) electrons. The molecule has 2 rings (SSSR count). The van der Waals surface area contributed by atoms with E-state index in [1.807, 2.05) is 0 Å². The summed E-state index contributed by atoms with van der Waals surface area (Å²) in [7, 11) is 0. The predicted molar refractivity (Wildman–Crippen MR) is 73.7 cm³/mol. The third-order valence-corrected chi connectivity index (χ3v) is 3.65. The van der Waals surface area contributed by atoms with Gasteiger partial charge in [0.05, 0.1) is 17.4 Å². The number of carboxylic acid groups (broad SMARTS) is 1. The van der Waals surface area contributed by atoms with Crippen molar-refractivity contribution in [2.75, 3.05) is 18.4 Å². The number of aliphatic hydroxyl groups excluding tert-OH is 1. The molecule has 7 heteroatoms. The molecule has 0 spiro atoms. The maximum absolute atomic E-state index is 13.1. The van der Waals surface area contributed by atoms with Crippen molar-refractivity contribution in [2.24, 2.45) is 5.92 Å². The summed E-state index contributed by atoms with van der Waals surface area (Å²) in [5.41, 5.74) is -0.246. The Balaban J connectivity index is 2.09. The van der Waals surface area contributed by atoms with Gasteiger partial charge in [-0.25, -0.2) is 14.0 Å². The number of hydrogen-bond acceptors (Lipinski definition) is 3. The molecule has 0 aliphatic carbocycles. The van der Waals surface area contributed by atoms with E-state index in [-0.39, 0.29) is 17.2 Å². The topological polar surface area (TPSA) is 89.9 Å². The first-order valence-electron chi connectivity index (χ1n) is 6.65. The lowest BCUT2D eigenvalue weighted by atomic mass is 10.0. The molecule has 114 valence electrons. The molecule has 0 bridgehead atoms. The maximum Gasteiger partial charge on any atom is 0.337 e. The number of nitrogens with zero attached hydrogens (tertiary/aromatic N) is 1. The quantitative estimate of drug-likeness (QED) is 0.792. The number of likely N-dealkylation sites (tertiary alicyclic amines) is 1. The number of halogens is 1. The van der Waals surface area contributed by atoms with E-state index in [1.165, 1.54) is 11.0 Å². The highest BCUT2D eigenvalue weighted by Crippen LogP contribution is 2.22. The zero-order valence-corrected chi connectivity index (χ0v) is 11.5. The van der Waals surface area contributed by atoms with E-state index in [4.69, 9.17) is 5.11 Å². The Labute approximate surface area is 121 Å². The number of aromatic carboxylic acids is 1. The molecule has 1 saturated heterocycles. The Kier molecular flexibility index (Phi) is 4.42. The van der Waals surface area contributed by atoms with Crippen LogP contribution in [0.5, 0.6) is 0 Å². The van der Waals surface area contributed by atoms with Gasteiger partial charge in [0.15, 0.2) is 0 Å². The van der Waals surface area contributed by atoms with Gasteiger partial charge in [-0.2, -0.15) is 0 Å². The van der Waals surface area contributed by atoms with Gasteiger partial charge >= 0.3 is 12.0 Å². The maximum atomic E-state index is 13.1. The van der Waals surface area contributed by atoms with Gasteiger partial charge in [0.25, 0.3) is 0 Å². The number of carbonyl (C=O) groups is 2. The monoisotopic (exact) mass is 296 g/mol. The predicted octanol–water partition coefficient (Wildman–Crippen LogP) is 1.76. The fourth-order valence-electron chi connectivity index (χ4n) is 2.36. The summed E-state index contributed by atoms with van der Waals surface area (Å²) in [4.78, 5) is 24.6. The molecular formula is C14H17FN2O4. The van der Waals surface area contributed by atoms with Gasteiger partial charge in [0.1, 0.15) is 5.82 Å². The Morgan fingerprint density at radius 1 is 1.48 bits per heavy atom. The molecule has 1 aromatic carbocycles. The van der Waals surface area contributed by atoms with Gasteiger partial charge in [-0.15, -0.1) is 0 Å². The van der Waals surface area contributed by atoms with Gasteiger partial charge in [0, 0.05) is 19.0 Å². The number of benzene rings is 1. The van der Waals surface area contributed by atoms with E-state index in [9.17, 15) is 19.1 Å². The van der Waals surface area contributed by atoms with Crippen LogP contribution in [0.2, 0.25) is 0 Å². The highest BCUT2D eigenvalue weighted by Gasteiger charge is 2.29. The number of carbonyl (C=O) groups excluding carboxylic acids is 1. The number of nitrogens with one attached hydrogen (secondary N) is 1. The van der Waals surface area contributed by atoms with E-state index >= 15 is 0 Å². The molecule has 6 nitrogen and oxygen atoms in total. The van der Waals surface area contributed by atoms with Crippen LogP contribution in [-0.2, 0) is 0 Å². The number of aliphatic hydroxyl groups is 1. The minimum absolute atomic E-state index is 0.0166. The van der Waals surface area contributed by atoms with Crippen molar-refractivity contribution in [3.63, 3.8) is 0 Å². The van der Waals surface area contributed by atoms with Crippen LogP contribution in [0.4, 0.5) is 14.9 Å². The summed E-state index contributed by atoms with van der Waals surface area (Å²) in [5, 5.41) is 21.0. The van der Waals surface area contributed by atoms with Gasteiger partial charge in [-0.05, 0) is 31.5 Å². The van der Waals surface area contributed by atoms with Gasteiger partial charge in [-0.1, -0.05) is 0 Å².